The smallest absolute Gasteiger partial charge is 0.352 e. The van der Waals surface area contributed by atoms with Crippen molar-refractivity contribution in [1.82, 2.24) is 4.90 Å². The average molecular weight is 387 g/mol. The summed E-state index contributed by atoms with van der Waals surface area (Å²) in [7, 11) is 0. The summed E-state index contributed by atoms with van der Waals surface area (Å²) in [5, 5.41) is 18.8. The molecule has 8 nitrogen and oxygen atoms in total. The second kappa shape index (κ2) is 6.43. The zero-order chi connectivity index (χ0) is 19.3. The van der Waals surface area contributed by atoms with E-state index in [2.05, 4.69) is 0 Å². The number of aromatic hydroxyl groups is 1. The number of phenols is 1. The molecule has 3 aliphatic rings. The zero-order valence-electron chi connectivity index (χ0n) is 14.2. The molecule has 0 unspecified atom stereocenters. The molecule has 3 aliphatic heterocycles. The van der Waals surface area contributed by atoms with E-state index in [1.54, 1.807) is 18.2 Å². The Hall–Kier alpha value is -2.78. The number of carbonyl (C=O) groups excluding carboxylic acids is 2. The number of anilines is 1. The van der Waals surface area contributed by atoms with Gasteiger partial charge in [0.15, 0.2) is 0 Å². The van der Waals surface area contributed by atoms with Crippen molar-refractivity contribution in [3.63, 3.8) is 0 Å². The second-order valence-corrected chi connectivity index (χ2v) is 7.62. The van der Waals surface area contributed by atoms with Gasteiger partial charge in [-0.1, -0.05) is 6.07 Å². The Labute approximate surface area is 158 Å². The van der Waals surface area contributed by atoms with Crippen LogP contribution in [0.1, 0.15) is 6.42 Å². The molecule has 0 spiro atoms. The third kappa shape index (κ3) is 2.79. The summed E-state index contributed by atoms with van der Waals surface area (Å²) in [6, 6.07) is 5.72. The number of rotatable bonds is 3. The Balaban J connectivity index is 1.66. The maximum absolute atomic E-state index is 12.7. The minimum Gasteiger partial charge on any atom is -0.508 e. The Kier molecular flexibility index (Phi) is 4.20. The van der Waals surface area contributed by atoms with Crippen LogP contribution in [0.3, 0.4) is 0 Å². The lowest BCUT2D eigenvalue weighted by Gasteiger charge is -2.47. The van der Waals surface area contributed by atoms with E-state index in [0.717, 1.165) is 0 Å². The number of aliphatic carboxylic acids is 1. The molecule has 1 aromatic carbocycles. The molecule has 2 amide bonds. The van der Waals surface area contributed by atoms with E-state index in [1.807, 2.05) is 0 Å². The van der Waals surface area contributed by atoms with Gasteiger partial charge in [-0.15, -0.1) is 11.8 Å². The van der Waals surface area contributed by atoms with Gasteiger partial charge < -0.3 is 20.8 Å². The Bertz CT molecular complexity index is 925. The monoisotopic (exact) mass is 387 g/mol. The Morgan fingerprint density at radius 2 is 2.11 bits per heavy atom. The fourth-order valence-corrected chi connectivity index (χ4v) is 4.77. The van der Waals surface area contributed by atoms with Gasteiger partial charge in [-0.25, -0.2) is 4.79 Å². The van der Waals surface area contributed by atoms with Gasteiger partial charge >= 0.3 is 5.97 Å². The van der Waals surface area contributed by atoms with Crippen molar-refractivity contribution in [2.24, 2.45) is 5.73 Å². The first kappa shape index (κ1) is 17.6. The largest absolute Gasteiger partial charge is 0.508 e. The molecule has 0 aromatic heterocycles. The number of benzene rings is 1. The van der Waals surface area contributed by atoms with Crippen LogP contribution in [-0.4, -0.2) is 56.6 Å². The maximum Gasteiger partial charge on any atom is 0.352 e. The topological polar surface area (TPSA) is 124 Å². The number of amides is 2. The number of hydrogen-bond acceptors (Lipinski definition) is 6. The molecule has 0 saturated carbocycles. The molecule has 9 heteroatoms. The van der Waals surface area contributed by atoms with E-state index >= 15 is 0 Å². The molecular weight excluding hydrogens is 370 g/mol. The van der Waals surface area contributed by atoms with Crippen molar-refractivity contribution in [3.8, 4) is 5.75 Å². The van der Waals surface area contributed by atoms with E-state index in [1.165, 1.54) is 33.7 Å². The van der Waals surface area contributed by atoms with E-state index in [4.69, 9.17) is 5.73 Å². The summed E-state index contributed by atoms with van der Waals surface area (Å²) in [5.41, 5.74) is 7.14. The maximum atomic E-state index is 12.7. The van der Waals surface area contributed by atoms with E-state index < -0.39 is 17.9 Å². The van der Waals surface area contributed by atoms with Gasteiger partial charge in [-0.2, -0.15) is 0 Å². The van der Waals surface area contributed by atoms with Crippen LogP contribution >= 0.6 is 11.8 Å². The molecule has 4 N–H and O–H groups in total. The molecule has 4 rings (SSSR count). The number of phenolic OH excluding ortho intramolecular Hbond substituents is 1. The predicted octanol–water partition coefficient (Wildman–Crippen LogP) is 0.636. The molecule has 2 saturated heterocycles. The molecule has 3 heterocycles. The third-order valence-corrected chi connectivity index (χ3v) is 6.18. The van der Waals surface area contributed by atoms with Crippen LogP contribution in [0.25, 0.3) is 0 Å². The summed E-state index contributed by atoms with van der Waals surface area (Å²) in [4.78, 5) is 39.2. The number of β-lactam (4-membered cyclic amide) rings is 1. The summed E-state index contributed by atoms with van der Waals surface area (Å²) < 4.78 is 0. The van der Waals surface area contributed by atoms with Gasteiger partial charge in [0.2, 0.25) is 5.91 Å². The van der Waals surface area contributed by atoms with Crippen LogP contribution in [0.2, 0.25) is 0 Å². The minimum atomic E-state index is -1.21. The summed E-state index contributed by atoms with van der Waals surface area (Å²) in [6.45, 7) is 0.438. The third-order valence-electron chi connectivity index (χ3n) is 4.86. The lowest BCUT2D eigenvalue weighted by molar-refractivity contribution is -0.147. The van der Waals surface area contributed by atoms with Crippen molar-refractivity contribution in [3.05, 3.63) is 47.2 Å². The first-order valence-corrected chi connectivity index (χ1v) is 9.41. The normalized spacial score (nSPS) is 26.5. The van der Waals surface area contributed by atoms with E-state index in [-0.39, 0.29) is 22.7 Å². The average Bonchev–Trinajstić information content (AvgIpc) is 3.01. The van der Waals surface area contributed by atoms with Crippen LogP contribution in [0.15, 0.2) is 47.2 Å². The fourth-order valence-electron chi connectivity index (χ4n) is 3.52. The number of carboxylic acid groups (broad SMARTS) is 1. The highest BCUT2D eigenvalue weighted by atomic mass is 32.2. The quantitative estimate of drug-likeness (QED) is 0.513. The lowest BCUT2D eigenvalue weighted by Crippen LogP contribution is -2.68. The number of allylic oxidation sites excluding steroid dienone is 1. The molecule has 1 aromatic rings. The van der Waals surface area contributed by atoms with Crippen molar-refractivity contribution in [2.75, 3.05) is 17.2 Å². The highest BCUT2D eigenvalue weighted by Gasteiger charge is 2.51. The van der Waals surface area contributed by atoms with Crippen LogP contribution in [0.5, 0.6) is 5.75 Å². The van der Waals surface area contributed by atoms with Crippen LogP contribution < -0.4 is 10.6 Å². The summed E-state index contributed by atoms with van der Waals surface area (Å²) >= 11 is 1.39. The lowest BCUT2D eigenvalue weighted by atomic mass is 10.0. The van der Waals surface area contributed by atoms with Crippen LogP contribution in [0.4, 0.5) is 5.69 Å². The van der Waals surface area contributed by atoms with Crippen molar-refractivity contribution in [2.45, 2.75) is 17.8 Å². The molecule has 0 bridgehead atoms. The minimum absolute atomic E-state index is 0.0657. The summed E-state index contributed by atoms with van der Waals surface area (Å²) in [6.07, 6.45) is 2.03. The van der Waals surface area contributed by atoms with Gasteiger partial charge in [-0.3, -0.25) is 14.5 Å². The Morgan fingerprint density at radius 3 is 2.81 bits per heavy atom. The van der Waals surface area contributed by atoms with Crippen molar-refractivity contribution in [1.29, 1.82) is 0 Å². The first-order valence-electron chi connectivity index (χ1n) is 8.36. The molecule has 0 radical (unpaired) electrons. The fraction of sp³-hybridized carbons (Fsp3) is 0.278. The number of carboxylic acids is 1. The number of fused-ring (bicyclic) bond motifs is 1. The van der Waals surface area contributed by atoms with Gasteiger partial charge in [0.1, 0.15) is 22.9 Å². The van der Waals surface area contributed by atoms with Gasteiger partial charge in [0.25, 0.3) is 5.91 Å². The van der Waals surface area contributed by atoms with Gasteiger partial charge in [-0.05, 0) is 30.2 Å². The number of hydrogen-bond donors (Lipinski definition) is 3. The van der Waals surface area contributed by atoms with Gasteiger partial charge in [0.05, 0.1) is 0 Å². The summed E-state index contributed by atoms with van der Waals surface area (Å²) in [5.74, 6) is -1.43. The molecular formula is C18H17N3O5S. The SMILES string of the molecule is N[C@@H]1C(=O)N2C(C(=O)O)=C(C=C3CCN(c4cccc(O)c4)C3=O)CS[C@H]12. The Morgan fingerprint density at radius 1 is 1.33 bits per heavy atom. The predicted molar refractivity (Wildman–Crippen MR) is 98.9 cm³/mol. The molecule has 2 atom stereocenters. The van der Waals surface area contributed by atoms with Crippen molar-refractivity contribution >= 4 is 35.2 Å². The van der Waals surface area contributed by atoms with Crippen LogP contribution in [-0.2, 0) is 14.4 Å². The molecule has 2 fully saturated rings. The van der Waals surface area contributed by atoms with Crippen molar-refractivity contribution < 1.29 is 24.6 Å². The molecule has 0 aliphatic carbocycles. The number of nitrogens with zero attached hydrogens (tertiary/aromatic N) is 2. The number of thioether (sulfide) groups is 1. The zero-order valence-corrected chi connectivity index (χ0v) is 15.0. The highest BCUT2D eigenvalue weighted by Crippen LogP contribution is 2.40. The standard InChI is InChI=1S/C18H17N3O5S/c19-13-16(24)21-14(18(25)26)10(8-27-17(13)21)6-9-4-5-20(15(9)23)11-2-1-3-12(22)7-11/h1-3,6-7,13,17,22H,4-5,8,19H2,(H,25,26)/t13-,17-/m1/s1. The van der Waals surface area contributed by atoms with E-state index in [9.17, 15) is 24.6 Å². The number of carbonyl (C=O) groups is 3. The first-order chi connectivity index (χ1) is 12.9. The molecule has 27 heavy (non-hydrogen) atoms. The molecule has 140 valence electrons. The highest BCUT2D eigenvalue weighted by molar-refractivity contribution is 8.00. The van der Waals surface area contributed by atoms with Crippen LogP contribution in [0, 0.1) is 0 Å². The van der Waals surface area contributed by atoms with Gasteiger partial charge in [0, 0.05) is 29.6 Å². The second-order valence-electron chi connectivity index (χ2n) is 6.51. The number of nitrogens with two attached hydrogens (primary N) is 1. The van der Waals surface area contributed by atoms with E-state index in [0.29, 0.717) is 35.6 Å².